The van der Waals surface area contributed by atoms with Gasteiger partial charge in [-0.25, -0.2) is 4.39 Å². The van der Waals surface area contributed by atoms with Gasteiger partial charge in [-0.3, -0.25) is 4.79 Å². The van der Waals surface area contributed by atoms with Gasteiger partial charge >= 0.3 is 0 Å². The van der Waals surface area contributed by atoms with Gasteiger partial charge in [0.05, 0.1) is 12.2 Å². The van der Waals surface area contributed by atoms with Gasteiger partial charge in [0.15, 0.2) is 17.9 Å². The number of carbonyl (C=O) groups excluding carboxylic acids is 1. The highest BCUT2D eigenvalue weighted by molar-refractivity contribution is 7.99. The minimum absolute atomic E-state index is 0.0527. The molecule has 3 rings (SSSR count). The van der Waals surface area contributed by atoms with E-state index in [-0.39, 0.29) is 17.2 Å². The molecule has 0 amide bonds. The van der Waals surface area contributed by atoms with Crippen LogP contribution < -0.4 is 4.74 Å². The number of para-hydroxylation sites is 1. The molecule has 0 N–H and O–H groups in total. The van der Waals surface area contributed by atoms with Crippen LogP contribution in [0.2, 0.25) is 0 Å². The van der Waals surface area contributed by atoms with Gasteiger partial charge in [0.1, 0.15) is 0 Å². The molecule has 0 bridgehead atoms. The summed E-state index contributed by atoms with van der Waals surface area (Å²) in [7, 11) is 0. The van der Waals surface area contributed by atoms with Crippen molar-refractivity contribution in [3.63, 3.8) is 0 Å². The maximum Gasteiger partial charge on any atom is 0.165 e. The van der Waals surface area contributed by atoms with Crippen molar-refractivity contribution in [2.75, 3.05) is 12.4 Å². The summed E-state index contributed by atoms with van der Waals surface area (Å²) in [6, 6.07) is 12.5. The number of fused-ring (bicyclic) bond motifs is 1. The molecule has 0 radical (unpaired) electrons. The van der Waals surface area contributed by atoms with E-state index in [0.717, 1.165) is 5.75 Å². The molecule has 0 aromatic heterocycles. The Morgan fingerprint density at radius 1 is 1.25 bits per heavy atom. The van der Waals surface area contributed by atoms with Crippen LogP contribution in [-0.4, -0.2) is 18.6 Å². The van der Waals surface area contributed by atoms with Crippen LogP contribution in [0.25, 0.3) is 0 Å². The van der Waals surface area contributed by atoms with E-state index in [1.54, 1.807) is 17.8 Å². The van der Waals surface area contributed by atoms with Crippen LogP contribution in [0.15, 0.2) is 47.4 Å². The number of thioether (sulfide) groups is 1. The molecule has 2 aromatic carbocycles. The Labute approximate surface area is 121 Å². The minimum Gasteiger partial charge on any atom is -0.489 e. The first kappa shape index (κ1) is 13.2. The highest BCUT2D eigenvalue weighted by Crippen LogP contribution is 2.39. The van der Waals surface area contributed by atoms with Gasteiger partial charge in [0.2, 0.25) is 0 Å². The van der Waals surface area contributed by atoms with Gasteiger partial charge in [-0.2, -0.15) is 0 Å². The Bertz CT molecular complexity index is 642. The van der Waals surface area contributed by atoms with E-state index in [1.165, 1.54) is 22.6 Å². The summed E-state index contributed by atoms with van der Waals surface area (Å²) >= 11 is 1.78. The van der Waals surface area contributed by atoms with Crippen LogP contribution in [0.5, 0.6) is 5.75 Å². The molecule has 4 heteroatoms. The fourth-order valence-corrected chi connectivity index (χ4v) is 3.55. The SMILES string of the molecule is O=Cc1cccc(F)c1OCC1CSc2ccccc21. The molecule has 0 fully saturated rings. The fourth-order valence-electron chi connectivity index (χ4n) is 2.32. The summed E-state index contributed by atoms with van der Waals surface area (Å²) in [6.07, 6.45) is 0.621. The van der Waals surface area contributed by atoms with E-state index in [4.69, 9.17) is 4.74 Å². The number of rotatable bonds is 4. The molecule has 20 heavy (non-hydrogen) atoms. The van der Waals surface area contributed by atoms with E-state index < -0.39 is 5.82 Å². The summed E-state index contributed by atoms with van der Waals surface area (Å²) in [4.78, 5) is 12.2. The normalized spacial score (nSPS) is 16.8. The van der Waals surface area contributed by atoms with Crippen molar-refractivity contribution in [2.24, 2.45) is 0 Å². The van der Waals surface area contributed by atoms with Crippen molar-refractivity contribution in [1.29, 1.82) is 0 Å². The first-order valence-corrected chi connectivity index (χ1v) is 7.36. The van der Waals surface area contributed by atoms with Gasteiger partial charge in [0.25, 0.3) is 0 Å². The minimum atomic E-state index is -0.492. The maximum atomic E-state index is 13.7. The van der Waals surface area contributed by atoms with Crippen LogP contribution in [0.3, 0.4) is 0 Å². The fraction of sp³-hybridized carbons (Fsp3) is 0.188. The summed E-state index contributed by atoms with van der Waals surface area (Å²) in [5, 5.41) is 0. The Hall–Kier alpha value is -1.81. The zero-order valence-electron chi connectivity index (χ0n) is 10.7. The summed E-state index contributed by atoms with van der Waals surface area (Å²) < 4.78 is 19.3. The molecular weight excluding hydrogens is 275 g/mol. The molecule has 0 spiro atoms. The topological polar surface area (TPSA) is 26.3 Å². The second kappa shape index (κ2) is 5.67. The standard InChI is InChI=1S/C16H13FO2S/c17-14-6-3-4-11(8-18)16(14)19-9-12-10-20-15-7-2-1-5-13(12)15/h1-8,12H,9-10H2. The van der Waals surface area contributed by atoms with Gasteiger partial charge in [-0.15, -0.1) is 11.8 Å². The van der Waals surface area contributed by atoms with E-state index in [9.17, 15) is 9.18 Å². The summed E-state index contributed by atoms with van der Waals surface area (Å²) in [6.45, 7) is 0.381. The largest absolute Gasteiger partial charge is 0.489 e. The van der Waals surface area contributed by atoms with Crippen molar-refractivity contribution < 1.29 is 13.9 Å². The summed E-state index contributed by atoms with van der Waals surface area (Å²) in [5.74, 6) is 0.713. The van der Waals surface area contributed by atoms with Crippen molar-refractivity contribution in [3.8, 4) is 5.75 Å². The number of benzene rings is 2. The molecule has 2 nitrogen and oxygen atoms in total. The van der Waals surface area contributed by atoms with Gasteiger partial charge in [-0.1, -0.05) is 24.3 Å². The lowest BCUT2D eigenvalue weighted by atomic mass is 10.0. The molecule has 1 unspecified atom stereocenters. The number of hydrogen-bond acceptors (Lipinski definition) is 3. The second-order valence-electron chi connectivity index (χ2n) is 4.63. The molecule has 2 aromatic rings. The lowest BCUT2D eigenvalue weighted by Crippen LogP contribution is -2.11. The molecule has 102 valence electrons. The molecule has 0 saturated carbocycles. The highest BCUT2D eigenvalue weighted by Gasteiger charge is 2.24. The third-order valence-electron chi connectivity index (χ3n) is 3.35. The third-order valence-corrected chi connectivity index (χ3v) is 4.60. The van der Waals surface area contributed by atoms with Crippen LogP contribution in [0.1, 0.15) is 21.8 Å². The van der Waals surface area contributed by atoms with Crippen molar-refractivity contribution in [1.82, 2.24) is 0 Å². The zero-order valence-corrected chi connectivity index (χ0v) is 11.5. The van der Waals surface area contributed by atoms with Crippen LogP contribution >= 0.6 is 11.8 Å². The van der Waals surface area contributed by atoms with Crippen molar-refractivity contribution in [3.05, 3.63) is 59.4 Å². The highest BCUT2D eigenvalue weighted by atomic mass is 32.2. The van der Waals surface area contributed by atoms with Crippen LogP contribution in [-0.2, 0) is 0 Å². The zero-order chi connectivity index (χ0) is 13.9. The first-order valence-electron chi connectivity index (χ1n) is 6.38. The molecule has 1 aliphatic rings. The van der Waals surface area contributed by atoms with Crippen LogP contribution in [0, 0.1) is 5.82 Å². The number of aldehydes is 1. The average molecular weight is 288 g/mol. The number of halogens is 1. The Kier molecular flexibility index (Phi) is 3.74. The predicted molar refractivity (Wildman–Crippen MR) is 77.2 cm³/mol. The molecule has 0 aliphatic carbocycles. The molecular formula is C16H13FO2S. The Balaban J connectivity index is 1.77. The smallest absolute Gasteiger partial charge is 0.165 e. The van der Waals surface area contributed by atoms with Crippen LogP contribution in [0.4, 0.5) is 4.39 Å². The average Bonchev–Trinajstić information content (AvgIpc) is 2.89. The molecule has 1 aliphatic heterocycles. The third kappa shape index (κ3) is 2.43. The van der Waals surface area contributed by atoms with E-state index in [1.807, 2.05) is 12.1 Å². The van der Waals surface area contributed by atoms with Gasteiger partial charge < -0.3 is 4.74 Å². The van der Waals surface area contributed by atoms with E-state index in [0.29, 0.717) is 12.9 Å². The Morgan fingerprint density at radius 2 is 2.10 bits per heavy atom. The van der Waals surface area contributed by atoms with E-state index >= 15 is 0 Å². The molecule has 1 heterocycles. The predicted octanol–water partition coefficient (Wildman–Crippen LogP) is 3.91. The van der Waals surface area contributed by atoms with E-state index in [2.05, 4.69) is 12.1 Å². The van der Waals surface area contributed by atoms with Crippen molar-refractivity contribution in [2.45, 2.75) is 10.8 Å². The quantitative estimate of drug-likeness (QED) is 0.798. The lowest BCUT2D eigenvalue weighted by molar-refractivity contribution is 0.111. The Morgan fingerprint density at radius 3 is 2.95 bits per heavy atom. The summed E-state index contributed by atoms with van der Waals surface area (Å²) in [5.41, 5.74) is 1.49. The number of ether oxygens (including phenoxy) is 1. The second-order valence-corrected chi connectivity index (χ2v) is 5.69. The van der Waals surface area contributed by atoms with Gasteiger partial charge in [0, 0.05) is 16.6 Å². The van der Waals surface area contributed by atoms with Crippen molar-refractivity contribution >= 4 is 18.0 Å². The first-order chi connectivity index (χ1) is 9.79. The van der Waals surface area contributed by atoms with Gasteiger partial charge in [-0.05, 0) is 23.8 Å². The lowest BCUT2D eigenvalue weighted by Gasteiger charge is -2.14. The number of carbonyl (C=O) groups is 1. The molecule has 1 atom stereocenters. The maximum absolute atomic E-state index is 13.7. The molecule has 0 saturated heterocycles. The monoisotopic (exact) mass is 288 g/mol. The number of hydrogen-bond donors (Lipinski definition) is 0.